The molecule has 0 spiro atoms. The highest BCUT2D eigenvalue weighted by atomic mass is 14.8. The van der Waals surface area contributed by atoms with Crippen LogP contribution in [0, 0.1) is 27.7 Å². The van der Waals surface area contributed by atoms with Crippen molar-refractivity contribution in [3.63, 3.8) is 0 Å². The fraction of sp³-hybridized carbons (Fsp3) is 0.579. The number of hydrogen-bond acceptors (Lipinski definition) is 2. The molecule has 0 bridgehead atoms. The molecule has 0 radical (unpaired) electrons. The van der Waals surface area contributed by atoms with Crippen LogP contribution < -0.4 is 0 Å². The fourth-order valence-corrected chi connectivity index (χ4v) is 4.97. The minimum absolute atomic E-state index is 0.941. The zero-order valence-electron chi connectivity index (χ0n) is 26.8. The van der Waals surface area contributed by atoms with E-state index in [1.165, 1.54) is 99.3 Å². The number of allylic oxidation sites excluding steroid dienone is 2. The van der Waals surface area contributed by atoms with Crippen LogP contribution in [0.4, 0.5) is 11.4 Å². The van der Waals surface area contributed by atoms with E-state index in [2.05, 4.69) is 90.1 Å². The smallest absolute Gasteiger partial charge is 0.0848 e. The number of aryl methyl sites for hydroxylation is 4. The molecule has 0 N–H and O–H groups in total. The van der Waals surface area contributed by atoms with Crippen LogP contribution in [0.3, 0.4) is 0 Å². The summed E-state index contributed by atoms with van der Waals surface area (Å²) in [5.74, 6) is 0. The molecule has 2 aromatic rings. The summed E-state index contributed by atoms with van der Waals surface area (Å²) in [7, 11) is 0. The highest BCUT2D eigenvalue weighted by molar-refractivity contribution is 6.47. The van der Waals surface area contributed by atoms with Gasteiger partial charge in [-0.25, -0.2) is 4.99 Å². The molecule has 220 valence electrons. The molecule has 2 rings (SSSR count). The van der Waals surface area contributed by atoms with Crippen LogP contribution in [0.15, 0.2) is 58.5 Å². The molecule has 2 heteroatoms. The minimum atomic E-state index is 0.941. The SMILES string of the molecule is CCCCCCCCCCCCCCC=CC(=Nc1ccc(C)c(C)c1)C(CCCC)=Nc1ccc(C)c(C)c1. The highest BCUT2D eigenvalue weighted by Gasteiger charge is 2.09. The highest BCUT2D eigenvalue weighted by Crippen LogP contribution is 2.22. The quantitative estimate of drug-likeness (QED) is 0.117. The van der Waals surface area contributed by atoms with Crippen molar-refractivity contribution in [2.45, 2.75) is 144 Å². The van der Waals surface area contributed by atoms with Crippen molar-refractivity contribution in [3.05, 3.63) is 70.8 Å². The molecule has 0 unspecified atom stereocenters. The molecule has 0 heterocycles. The van der Waals surface area contributed by atoms with Crippen molar-refractivity contribution < 1.29 is 0 Å². The van der Waals surface area contributed by atoms with Crippen LogP contribution in [-0.4, -0.2) is 11.4 Å². The lowest BCUT2D eigenvalue weighted by molar-refractivity contribution is 0.545. The van der Waals surface area contributed by atoms with Gasteiger partial charge in [0.25, 0.3) is 0 Å². The number of unbranched alkanes of at least 4 members (excludes halogenated alkanes) is 13. The van der Waals surface area contributed by atoms with E-state index >= 15 is 0 Å². The number of benzene rings is 2. The molecule has 0 aromatic heterocycles. The van der Waals surface area contributed by atoms with Crippen molar-refractivity contribution in [2.75, 3.05) is 0 Å². The second-order valence-corrected chi connectivity index (χ2v) is 11.8. The maximum absolute atomic E-state index is 5.15. The zero-order chi connectivity index (χ0) is 29.0. The second kappa shape index (κ2) is 20.4. The van der Waals surface area contributed by atoms with Gasteiger partial charge in [0.05, 0.1) is 22.8 Å². The van der Waals surface area contributed by atoms with Gasteiger partial charge in [-0.1, -0.05) is 109 Å². The molecule has 0 aliphatic rings. The van der Waals surface area contributed by atoms with Crippen LogP contribution in [0.2, 0.25) is 0 Å². The first-order valence-electron chi connectivity index (χ1n) is 16.4. The summed E-state index contributed by atoms with van der Waals surface area (Å²) in [6.45, 7) is 13.2. The summed E-state index contributed by atoms with van der Waals surface area (Å²) in [4.78, 5) is 10.3. The summed E-state index contributed by atoms with van der Waals surface area (Å²) in [5, 5.41) is 0. The molecule has 0 aliphatic heterocycles. The monoisotopic (exact) mass is 542 g/mol. The molecule has 0 aliphatic carbocycles. The van der Waals surface area contributed by atoms with E-state index in [0.29, 0.717) is 0 Å². The molecule has 0 atom stereocenters. The molecule has 40 heavy (non-hydrogen) atoms. The molecule has 0 saturated heterocycles. The van der Waals surface area contributed by atoms with Gasteiger partial charge in [-0.05, 0) is 106 Å². The van der Waals surface area contributed by atoms with Gasteiger partial charge in [0, 0.05) is 0 Å². The number of aliphatic imine (C=N–C) groups is 2. The Bertz CT molecular complexity index is 1070. The number of hydrogen-bond donors (Lipinski definition) is 0. The van der Waals surface area contributed by atoms with Crippen LogP contribution in [0.5, 0.6) is 0 Å². The standard InChI is InChI=1S/C38H58N2/c1-7-9-11-12-13-14-15-16-17-18-19-20-21-22-24-38(40-36-28-26-32(4)34(6)30-36)37(23-10-8-2)39-35-27-25-31(3)33(5)29-35/h22,24-30H,7-21,23H2,1-6H3. The maximum atomic E-state index is 5.15. The van der Waals surface area contributed by atoms with Crippen LogP contribution in [0.1, 0.15) is 139 Å². The Morgan fingerprint density at radius 2 is 1.02 bits per heavy atom. The largest absolute Gasteiger partial charge is 0.251 e. The third-order valence-electron chi connectivity index (χ3n) is 8.06. The fourth-order valence-electron chi connectivity index (χ4n) is 4.97. The molecule has 0 amide bonds. The Morgan fingerprint density at radius 3 is 1.52 bits per heavy atom. The average Bonchev–Trinajstić information content (AvgIpc) is 2.94. The molecule has 2 aromatic carbocycles. The second-order valence-electron chi connectivity index (χ2n) is 11.8. The maximum Gasteiger partial charge on any atom is 0.0848 e. The minimum Gasteiger partial charge on any atom is -0.251 e. The molecule has 0 fully saturated rings. The van der Waals surface area contributed by atoms with Gasteiger partial charge in [0.1, 0.15) is 0 Å². The lowest BCUT2D eigenvalue weighted by Crippen LogP contribution is -2.12. The summed E-state index contributed by atoms with van der Waals surface area (Å²) in [6, 6.07) is 13.0. The number of nitrogens with zero attached hydrogens (tertiary/aromatic N) is 2. The Kier molecular flexibility index (Phi) is 17.2. The van der Waals surface area contributed by atoms with Crippen LogP contribution >= 0.6 is 0 Å². The van der Waals surface area contributed by atoms with Gasteiger partial charge in [-0.2, -0.15) is 0 Å². The van der Waals surface area contributed by atoms with E-state index in [9.17, 15) is 0 Å². The molecule has 0 saturated carbocycles. The predicted molar refractivity (Wildman–Crippen MR) is 180 cm³/mol. The molecular formula is C38H58N2. The summed E-state index contributed by atoms with van der Waals surface area (Å²) < 4.78 is 0. The van der Waals surface area contributed by atoms with Crippen molar-refractivity contribution in [1.29, 1.82) is 0 Å². The predicted octanol–water partition coefficient (Wildman–Crippen LogP) is 12.6. The topological polar surface area (TPSA) is 24.7 Å². The van der Waals surface area contributed by atoms with Crippen molar-refractivity contribution in [1.82, 2.24) is 0 Å². The first kappa shape index (κ1) is 33.7. The number of rotatable bonds is 20. The van der Waals surface area contributed by atoms with E-state index < -0.39 is 0 Å². The lowest BCUT2D eigenvalue weighted by Gasteiger charge is -2.10. The average molecular weight is 543 g/mol. The van der Waals surface area contributed by atoms with Gasteiger partial charge in [-0.15, -0.1) is 0 Å². The van der Waals surface area contributed by atoms with Crippen molar-refractivity contribution in [3.8, 4) is 0 Å². The third kappa shape index (κ3) is 13.7. The normalized spacial score (nSPS) is 12.6. The van der Waals surface area contributed by atoms with Crippen LogP contribution in [0.25, 0.3) is 0 Å². The van der Waals surface area contributed by atoms with Gasteiger partial charge in [0.15, 0.2) is 0 Å². The van der Waals surface area contributed by atoms with E-state index in [1.54, 1.807) is 0 Å². The van der Waals surface area contributed by atoms with E-state index in [0.717, 1.165) is 48.5 Å². The van der Waals surface area contributed by atoms with Gasteiger partial charge in [0.2, 0.25) is 0 Å². The van der Waals surface area contributed by atoms with Gasteiger partial charge >= 0.3 is 0 Å². The first-order valence-corrected chi connectivity index (χ1v) is 16.4. The van der Waals surface area contributed by atoms with Crippen molar-refractivity contribution in [2.24, 2.45) is 9.98 Å². The first-order chi connectivity index (χ1) is 19.4. The Hall–Kier alpha value is -2.48. The summed E-state index contributed by atoms with van der Waals surface area (Å²) in [6.07, 6.45) is 25.5. The van der Waals surface area contributed by atoms with Gasteiger partial charge in [-0.3, -0.25) is 4.99 Å². The lowest BCUT2D eigenvalue weighted by atomic mass is 10.0. The summed E-state index contributed by atoms with van der Waals surface area (Å²) >= 11 is 0. The third-order valence-corrected chi connectivity index (χ3v) is 8.06. The van der Waals surface area contributed by atoms with E-state index in [-0.39, 0.29) is 0 Å². The Morgan fingerprint density at radius 1 is 0.550 bits per heavy atom. The van der Waals surface area contributed by atoms with E-state index in [1.807, 2.05) is 0 Å². The van der Waals surface area contributed by atoms with Crippen LogP contribution in [-0.2, 0) is 0 Å². The summed E-state index contributed by atoms with van der Waals surface area (Å²) in [5.41, 5.74) is 9.31. The Balaban J connectivity index is 2.01. The Labute approximate surface area is 247 Å². The van der Waals surface area contributed by atoms with Crippen molar-refractivity contribution >= 4 is 22.8 Å². The van der Waals surface area contributed by atoms with Gasteiger partial charge < -0.3 is 0 Å². The van der Waals surface area contributed by atoms with E-state index in [4.69, 9.17) is 9.98 Å². The molecule has 2 nitrogen and oxygen atoms in total. The zero-order valence-corrected chi connectivity index (χ0v) is 26.8. The molecular weight excluding hydrogens is 484 g/mol.